The highest BCUT2D eigenvalue weighted by Crippen LogP contribution is 2.24. The second-order valence-electron chi connectivity index (χ2n) is 3.21. The van der Waals surface area contributed by atoms with Crippen LogP contribution in [0.3, 0.4) is 0 Å². The quantitative estimate of drug-likeness (QED) is 0.644. The van der Waals surface area contributed by atoms with Gasteiger partial charge in [-0.3, -0.25) is 0 Å². The molecule has 72 valence electrons. The van der Waals surface area contributed by atoms with Crippen LogP contribution in [0.4, 0.5) is 0 Å². The van der Waals surface area contributed by atoms with Gasteiger partial charge in [0, 0.05) is 10.9 Å². The van der Waals surface area contributed by atoms with Crippen LogP contribution >= 0.6 is 0 Å². The Labute approximate surface area is 79.8 Å². The summed E-state index contributed by atoms with van der Waals surface area (Å²) in [5.74, 6) is -0.827. The molecule has 1 aromatic heterocycles. The summed E-state index contributed by atoms with van der Waals surface area (Å²) in [6.07, 6.45) is 0. The fourth-order valence-electron chi connectivity index (χ4n) is 1.39. The van der Waals surface area contributed by atoms with Crippen LogP contribution in [0, 0.1) is 6.92 Å². The van der Waals surface area contributed by atoms with E-state index in [1.54, 1.807) is 19.1 Å². The molecule has 1 aromatic carbocycles. The van der Waals surface area contributed by atoms with Crippen LogP contribution < -0.4 is 0 Å². The van der Waals surface area contributed by atoms with Gasteiger partial charge in [0.15, 0.2) is 0 Å². The molecule has 0 bridgehead atoms. The van der Waals surface area contributed by atoms with E-state index in [1.165, 1.54) is 6.07 Å². The summed E-state index contributed by atoms with van der Waals surface area (Å²) in [6, 6.07) is 4.77. The normalized spacial score (nSPS) is 10.6. The zero-order valence-electron chi connectivity index (χ0n) is 7.53. The number of carboxylic acids is 1. The van der Waals surface area contributed by atoms with Crippen LogP contribution in [0.2, 0.25) is 0 Å². The molecule has 0 spiro atoms. The number of aromatic nitrogens is 1. The van der Waals surface area contributed by atoms with Gasteiger partial charge in [0.25, 0.3) is 0 Å². The van der Waals surface area contributed by atoms with E-state index in [0.29, 0.717) is 5.39 Å². The standard InChI is InChI=1S/C10H9NO3/c1-5-2-7-6(4-9(5)12)3-8(11-7)10(13)14/h2-4,11-12H,1H3,(H,13,14). The van der Waals surface area contributed by atoms with Crippen molar-refractivity contribution in [3.8, 4) is 5.75 Å². The Bertz CT molecular complexity index is 474. The van der Waals surface area contributed by atoms with Crippen molar-refractivity contribution in [1.82, 2.24) is 4.98 Å². The first kappa shape index (κ1) is 8.62. The average Bonchev–Trinajstić information content (AvgIpc) is 2.48. The number of aromatic amines is 1. The molecular formula is C10H9NO3. The second-order valence-corrected chi connectivity index (χ2v) is 3.21. The number of aryl methyl sites for hydroxylation is 1. The van der Waals surface area contributed by atoms with Crippen LogP contribution in [0.15, 0.2) is 18.2 Å². The Morgan fingerprint density at radius 3 is 2.71 bits per heavy atom. The van der Waals surface area contributed by atoms with Crippen molar-refractivity contribution in [2.24, 2.45) is 0 Å². The number of H-pyrrole nitrogens is 1. The largest absolute Gasteiger partial charge is 0.508 e. The molecule has 4 nitrogen and oxygen atoms in total. The summed E-state index contributed by atoms with van der Waals surface area (Å²) >= 11 is 0. The summed E-state index contributed by atoms with van der Waals surface area (Å²) in [5.41, 5.74) is 1.57. The van der Waals surface area contributed by atoms with Crippen LogP contribution in [0.25, 0.3) is 10.9 Å². The lowest BCUT2D eigenvalue weighted by Gasteiger charge is -1.97. The summed E-state index contributed by atoms with van der Waals surface area (Å²) in [5, 5.41) is 18.8. The topological polar surface area (TPSA) is 73.3 Å². The predicted octanol–water partition coefficient (Wildman–Crippen LogP) is 1.88. The Morgan fingerprint density at radius 1 is 1.36 bits per heavy atom. The highest BCUT2D eigenvalue weighted by atomic mass is 16.4. The number of benzene rings is 1. The van der Waals surface area contributed by atoms with E-state index in [-0.39, 0.29) is 11.4 Å². The third-order valence-electron chi connectivity index (χ3n) is 2.17. The number of hydrogen-bond donors (Lipinski definition) is 3. The zero-order chi connectivity index (χ0) is 10.3. The molecule has 0 saturated heterocycles. The predicted molar refractivity (Wildman–Crippen MR) is 51.7 cm³/mol. The molecule has 0 amide bonds. The van der Waals surface area contributed by atoms with Gasteiger partial charge in [0.1, 0.15) is 11.4 Å². The molecule has 14 heavy (non-hydrogen) atoms. The molecule has 2 aromatic rings. The monoisotopic (exact) mass is 191 g/mol. The number of rotatable bonds is 1. The van der Waals surface area contributed by atoms with Gasteiger partial charge >= 0.3 is 5.97 Å². The maximum atomic E-state index is 10.6. The van der Waals surface area contributed by atoms with Gasteiger partial charge < -0.3 is 15.2 Å². The maximum Gasteiger partial charge on any atom is 0.352 e. The van der Waals surface area contributed by atoms with Gasteiger partial charge in [-0.1, -0.05) is 0 Å². The van der Waals surface area contributed by atoms with Crippen molar-refractivity contribution >= 4 is 16.9 Å². The highest BCUT2D eigenvalue weighted by molar-refractivity contribution is 5.94. The Balaban J connectivity index is 2.72. The molecule has 2 rings (SSSR count). The van der Waals surface area contributed by atoms with Crippen molar-refractivity contribution in [3.63, 3.8) is 0 Å². The van der Waals surface area contributed by atoms with E-state index >= 15 is 0 Å². The molecule has 0 radical (unpaired) electrons. The molecule has 0 aliphatic carbocycles. The lowest BCUT2D eigenvalue weighted by molar-refractivity contribution is 0.0691. The molecule has 0 aliphatic rings. The van der Waals surface area contributed by atoms with Gasteiger partial charge in [-0.2, -0.15) is 0 Å². The van der Waals surface area contributed by atoms with Crippen molar-refractivity contribution < 1.29 is 15.0 Å². The summed E-state index contributed by atoms with van der Waals surface area (Å²) in [7, 11) is 0. The average molecular weight is 191 g/mol. The molecule has 0 fully saturated rings. The minimum atomic E-state index is -1.00. The van der Waals surface area contributed by atoms with Gasteiger partial charge in [-0.05, 0) is 30.7 Å². The summed E-state index contributed by atoms with van der Waals surface area (Å²) < 4.78 is 0. The first-order valence-electron chi connectivity index (χ1n) is 4.13. The van der Waals surface area contributed by atoms with E-state index in [1.807, 2.05) is 0 Å². The van der Waals surface area contributed by atoms with E-state index in [4.69, 9.17) is 5.11 Å². The zero-order valence-corrected chi connectivity index (χ0v) is 7.53. The third-order valence-corrected chi connectivity index (χ3v) is 2.17. The van der Waals surface area contributed by atoms with Crippen molar-refractivity contribution in [2.75, 3.05) is 0 Å². The lowest BCUT2D eigenvalue weighted by atomic mass is 10.1. The Kier molecular flexibility index (Phi) is 1.70. The van der Waals surface area contributed by atoms with Gasteiger partial charge in [0.05, 0.1) is 0 Å². The number of nitrogens with one attached hydrogen (secondary N) is 1. The molecule has 0 unspecified atom stereocenters. The van der Waals surface area contributed by atoms with E-state index < -0.39 is 5.97 Å². The Morgan fingerprint density at radius 2 is 2.07 bits per heavy atom. The number of carboxylic acid groups (broad SMARTS) is 1. The first-order valence-corrected chi connectivity index (χ1v) is 4.13. The molecule has 3 N–H and O–H groups in total. The molecule has 4 heteroatoms. The summed E-state index contributed by atoms with van der Waals surface area (Å²) in [6.45, 7) is 1.76. The van der Waals surface area contributed by atoms with Crippen LogP contribution in [0.1, 0.15) is 16.1 Å². The number of hydrogen-bond acceptors (Lipinski definition) is 2. The molecule has 1 heterocycles. The van der Waals surface area contributed by atoms with Gasteiger partial charge in [0.2, 0.25) is 0 Å². The molecule has 0 saturated carbocycles. The summed E-state index contributed by atoms with van der Waals surface area (Å²) in [4.78, 5) is 13.4. The number of fused-ring (bicyclic) bond motifs is 1. The fourth-order valence-corrected chi connectivity index (χ4v) is 1.39. The van der Waals surface area contributed by atoms with Crippen molar-refractivity contribution in [2.45, 2.75) is 6.92 Å². The SMILES string of the molecule is Cc1cc2[nH]c(C(=O)O)cc2cc1O. The minimum absolute atomic E-state index is 0.130. The van der Waals surface area contributed by atoms with E-state index in [9.17, 15) is 9.90 Å². The highest BCUT2D eigenvalue weighted by Gasteiger charge is 2.08. The maximum absolute atomic E-state index is 10.6. The number of phenols is 1. The number of aromatic carboxylic acids is 1. The van der Waals surface area contributed by atoms with Gasteiger partial charge in [-0.25, -0.2) is 4.79 Å². The molecule has 0 aliphatic heterocycles. The van der Waals surface area contributed by atoms with Gasteiger partial charge in [-0.15, -0.1) is 0 Å². The molecule has 0 atom stereocenters. The van der Waals surface area contributed by atoms with E-state index in [0.717, 1.165) is 11.1 Å². The van der Waals surface area contributed by atoms with E-state index in [2.05, 4.69) is 4.98 Å². The number of carbonyl (C=O) groups is 1. The fraction of sp³-hybridized carbons (Fsp3) is 0.100. The number of aromatic hydroxyl groups is 1. The third kappa shape index (κ3) is 1.21. The van der Waals surface area contributed by atoms with Crippen LogP contribution in [-0.2, 0) is 0 Å². The van der Waals surface area contributed by atoms with Crippen LogP contribution in [0.5, 0.6) is 5.75 Å². The lowest BCUT2D eigenvalue weighted by Crippen LogP contribution is -1.94. The van der Waals surface area contributed by atoms with Crippen LogP contribution in [-0.4, -0.2) is 21.2 Å². The van der Waals surface area contributed by atoms with Crippen molar-refractivity contribution in [3.05, 3.63) is 29.5 Å². The minimum Gasteiger partial charge on any atom is -0.508 e. The first-order chi connectivity index (χ1) is 6.58. The second kappa shape index (κ2) is 2.77. The molecular weight excluding hydrogens is 182 g/mol. The number of phenolic OH excluding ortho intramolecular Hbond substituents is 1. The Hall–Kier alpha value is -1.97. The smallest absolute Gasteiger partial charge is 0.352 e. The van der Waals surface area contributed by atoms with Crippen molar-refractivity contribution in [1.29, 1.82) is 0 Å².